The van der Waals surface area contributed by atoms with Crippen LogP contribution in [-0.2, 0) is 4.74 Å². The van der Waals surface area contributed by atoms with Crippen LogP contribution in [0.2, 0.25) is 0 Å². The molecule has 1 aromatic heterocycles. The van der Waals surface area contributed by atoms with E-state index in [9.17, 15) is 4.79 Å². The molecule has 0 unspecified atom stereocenters. The molecular formula is C18H28N4O2. The minimum atomic E-state index is -0.416. The average Bonchev–Trinajstić information content (AvgIpc) is 2.45. The maximum atomic E-state index is 12.0. The highest BCUT2D eigenvalue weighted by Crippen LogP contribution is 2.33. The van der Waals surface area contributed by atoms with Gasteiger partial charge >= 0.3 is 6.09 Å². The second-order valence-corrected chi connectivity index (χ2v) is 7.91. The summed E-state index contributed by atoms with van der Waals surface area (Å²) in [7, 11) is 0. The Kier molecular flexibility index (Phi) is 4.56. The van der Waals surface area contributed by atoms with E-state index in [1.165, 1.54) is 0 Å². The minimum Gasteiger partial charge on any atom is -0.444 e. The maximum Gasteiger partial charge on any atom is 0.410 e. The number of hydrogen-bond donors (Lipinski definition) is 1. The van der Waals surface area contributed by atoms with Crippen molar-refractivity contribution in [2.45, 2.75) is 39.2 Å². The third-order valence-corrected chi connectivity index (χ3v) is 4.90. The molecular weight excluding hydrogens is 304 g/mol. The highest BCUT2D eigenvalue weighted by atomic mass is 16.6. The van der Waals surface area contributed by atoms with Crippen LogP contribution in [0.1, 0.15) is 33.6 Å². The van der Waals surface area contributed by atoms with E-state index < -0.39 is 5.60 Å². The number of pyridine rings is 1. The monoisotopic (exact) mass is 332 g/mol. The van der Waals surface area contributed by atoms with Gasteiger partial charge in [-0.1, -0.05) is 0 Å². The molecule has 0 radical (unpaired) electrons. The van der Waals surface area contributed by atoms with Gasteiger partial charge in [0.2, 0.25) is 0 Å². The number of carbonyl (C=O) groups excluding carboxylic acids is 1. The molecule has 2 saturated heterocycles. The first-order chi connectivity index (χ1) is 11.3. The SMILES string of the molecule is CC(C)(C)OC(=O)N1CC(C2CCN(c3ccc(N)nc3)CC2)C1. The fourth-order valence-corrected chi connectivity index (χ4v) is 3.50. The predicted octanol–water partition coefficient (Wildman–Crippen LogP) is 2.75. The predicted molar refractivity (Wildman–Crippen MR) is 94.9 cm³/mol. The molecule has 2 fully saturated rings. The van der Waals surface area contributed by atoms with E-state index in [0.29, 0.717) is 17.7 Å². The molecule has 6 heteroatoms. The van der Waals surface area contributed by atoms with E-state index in [1.54, 1.807) is 0 Å². The summed E-state index contributed by atoms with van der Waals surface area (Å²) in [6.07, 6.45) is 4.00. The van der Waals surface area contributed by atoms with Gasteiger partial charge in [0, 0.05) is 26.2 Å². The molecule has 24 heavy (non-hydrogen) atoms. The molecule has 0 spiro atoms. The van der Waals surface area contributed by atoms with Crippen molar-refractivity contribution in [1.29, 1.82) is 0 Å². The van der Waals surface area contributed by atoms with Crippen molar-refractivity contribution in [3.63, 3.8) is 0 Å². The second kappa shape index (κ2) is 6.49. The van der Waals surface area contributed by atoms with Crippen molar-refractivity contribution in [1.82, 2.24) is 9.88 Å². The van der Waals surface area contributed by atoms with Crippen LogP contribution in [0.5, 0.6) is 0 Å². The van der Waals surface area contributed by atoms with E-state index >= 15 is 0 Å². The minimum absolute atomic E-state index is 0.177. The van der Waals surface area contributed by atoms with Crippen LogP contribution in [0, 0.1) is 11.8 Å². The van der Waals surface area contributed by atoms with Crippen molar-refractivity contribution in [3.05, 3.63) is 18.3 Å². The molecule has 1 aromatic rings. The molecule has 2 aliphatic rings. The van der Waals surface area contributed by atoms with Crippen LogP contribution in [-0.4, -0.2) is 47.8 Å². The van der Waals surface area contributed by atoms with Crippen LogP contribution in [0.3, 0.4) is 0 Å². The van der Waals surface area contributed by atoms with Crippen LogP contribution in [0.4, 0.5) is 16.3 Å². The zero-order valence-corrected chi connectivity index (χ0v) is 14.9. The number of hydrogen-bond acceptors (Lipinski definition) is 5. The summed E-state index contributed by atoms with van der Waals surface area (Å²) < 4.78 is 5.42. The molecule has 0 atom stereocenters. The number of likely N-dealkylation sites (tertiary alicyclic amines) is 1. The summed E-state index contributed by atoms with van der Waals surface area (Å²) in [6, 6.07) is 3.89. The van der Waals surface area contributed by atoms with Gasteiger partial charge in [0.05, 0.1) is 11.9 Å². The number of nitrogen functional groups attached to an aromatic ring is 1. The second-order valence-electron chi connectivity index (χ2n) is 7.91. The topological polar surface area (TPSA) is 71.7 Å². The Hall–Kier alpha value is -1.98. The number of piperidine rings is 1. The van der Waals surface area contributed by atoms with Crippen molar-refractivity contribution >= 4 is 17.6 Å². The van der Waals surface area contributed by atoms with Crippen molar-refractivity contribution in [2.75, 3.05) is 36.8 Å². The Bertz CT molecular complexity index is 568. The Morgan fingerprint density at radius 1 is 1.21 bits per heavy atom. The molecule has 0 aromatic carbocycles. The zero-order valence-electron chi connectivity index (χ0n) is 14.9. The highest BCUT2D eigenvalue weighted by Gasteiger charge is 2.39. The number of ether oxygens (including phenoxy) is 1. The van der Waals surface area contributed by atoms with Crippen LogP contribution < -0.4 is 10.6 Å². The number of amides is 1. The van der Waals surface area contributed by atoms with Crippen LogP contribution >= 0.6 is 0 Å². The van der Waals surface area contributed by atoms with Gasteiger partial charge in [-0.05, 0) is 57.6 Å². The molecule has 132 valence electrons. The first-order valence-corrected chi connectivity index (χ1v) is 8.76. The molecule has 3 heterocycles. The summed E-state index contributed by atoms with van der Waals surface area (Å²) in [4.78, 5) is 20.4. The molecule has 0 saturated carbocycles. The lowest BCUT2D eigenvalue weighted by molar-refractivity contribution is -0.0131. The normalized spacial score (nSPS) is 20.0. The molecule has 0 bridgehead atoms. The van der Waals surface area contributed by atoms with E-state index in [2.05, 4.69) is 9.88 Å². The summed E-state index contributed by atoms with van der Waals surface area (Å²) in [5, 5.41) is 0. The smallest absolute Gasteiger partial charge is 0.410 e. The van der Waals surface area contributed by atoms with Crippen molar-refractivity contribution in [2.24, 2.45) is 11.8 Å². The van der Waals surface area contributed by atoms with Crippen LogP contribution in [0.15, 0.2) is 18.3 Å². The highest BCUT2D eigenvalue weighted by molar-refractivity contribution is 5.69. The zero-order chi connectivity index (χ0) is 17.3. The lowest BCUT2D eigenvalue weighted by Crippen LogP contribution is -2.55. The lowest BCUT2D eigenvalue weighted by atomic mass is 9.80. The number of anilines is 2. The Morgan fingerprint density at radius 3 is 2.42 bits per heavy atom. The summed E-state index contributed by atoms with van der Waals surface area (Å²) >= 11 is 0. The standard InChI is InChI=1S/C18H28N4O2/c1-18(2,3)24-17(23)22-11-14(12-22)13-6-8-21(9-7-13)15-4-5-16(19)20-10-15/h4-5,10,13-14H,6-9,11-12H2,1-3H3,(H2,19,20). The third-order valence-electron chi connectivity index (χ3n) is 4.90. The van der Waals surface area contributed by atoms with Gasteiger partial charge in [-0.25, -0.2) is 9.78 Å². The number of aromatic nitrogens is 1. The number of nitrogens with zero attached hydrogens (tertiary/aromatic N) is 3. The van der Waals surface area contributed by atoms with E-state index in [4.69, 9.17) is 10.5 Å². The van der Waals surface area contributed by atoms with Gasteiger partial charge in [-0.2, -0.15) is 0 Å². The molecule has 2 aliphatic heterocycles. The van der Waals surface area contributed by atoms with Crippen molar-refractivity contribution < 1.29 is 9.53 Å². The van der Waals surface area contributed by atoms with Gasteiger partial charge in [-0.15, -0.1) is 0 Å². The molecule has 3 rings (SSSR count). The van der Waals surface area contributed by atoms with Gasteiger partial charge in [0.15, 0.2) is 0 Å². The van der Waals surface area contributed by atoms with Gasteiger partial charge in [-0.3, -0.25) is 0 Å². The first kappa shape index (κ1) is 16.9. The summed E-state index contributed by atoms with van der Waals surface area (Å²) in [5.74, 6) is 1.87. The largest absolute Gasteiger partial charge is 0.444 e. The third kappa shape index (κ3) is 3.91. The number of nitrogens with two attached hydrogens (primary N) is 1. The fraction of sp³-hybridized carbons (Fsp3) is 0.667. The molecule has 0 aliphatic carbocycles. The van der Waals surface area contributed by atoms with Crippen LogP contribution in [0.25, 0.3) is 0 Å². The molecule has 6 nitrogen and oxygen atoms in total. The lowest BCUT2D eigenvalue weighted by Gasteiger charge is -2.46. The van der Waals surface area contributed by atoms with Gasteiger partial charge in [0.25, 0.3) is 0 Å². The van der Waals surface area contributed by atoms with E-state index in [-0.39, 0.29) is 6.09 Å². The van der Waals surface area contributed by atoms with E-state index in [0.717, 1.165) is 44.7 Å². The number of carbonyl (C=O) groups is 1. The quantitative estimate of drug-likeness (QED) is 0.901. The summed E-state index contributed by atoms with van der Waals surface area (Å²) in [5.41, 5.74) is 6.38. The average molecular weight is 332 g/mol. The number of rotatable bonds is 2. The Morgan fingerprint density at radius 2 is 1.88 bits per heavy atom. The Labute approximate surface area is 144 Å². The fourth-order valence-electron chi connectivity index (χ4n) is 3.50. The maximum absolute atomic E-state index is 12.0. The Balaban J connectivity index is 1.44. The van der Waals surface area contributed by atoms with Gasteiger partial charge < -0.3 is 20.3 Å². The summed E-state index contributed by atoms with van der Waals surface area (Å²) in [6.45, 7) is 9.47. The van der Waals surface area contributed by atoms with E-state index in [1.807, 2.05) is 44.0 Å². The first-order valence-electron chi connectivity index (χ1n) is 8.76. The molecule has 1 amide bonds. The molecule has 2 N–H and O–H groups in total. The van der Waals surface area contributed by atoms with Gasteiger partial charge in [0.1, 0.15) is 11.4 Å². The van der Waals surface area contributed by atoms with Crippen molar-refractivity contribution in [3.8, 4) is 0 Å².